The Morgan fingerprint density at radius 1 is 1.45 bits per heavy atom. The minimum absolute atomic E-state index is 0.0627. The maximum absolute atomic E-state index is 12.4. The van der Waals surface area contributed by atoms with Crippen molar-refractivity contribution < 1.29 is 13.5 Å². The summed E-state index contributed by atoms with van der Waals surface area (Å²) in [5.41, 5.74) is 0.670. The Kier molecular flexibility index (Phi) is 4.03. The highest BCUT2D eigenvalue weighted by Gasteiger charge is 2.27. The van der Waals surface area contributed by atoms with Crippen LogP contribution in [0, 0.1) is 0 Å². The number of aromatic nitrogens is 2. The zero-order valence-corrected chi connectivity index (χ0v) is 12.6. The highest BCUT2D eigenvalue weighted by Crippen LogP contribution is 2.23. The number of rotatable bonds is 4. The van der Waals surface area contributed by atoms with Gasteiger partial charge in [-0.25, -0.2) is 13.4 Å². The van der Waals surface area contributed by atoms with Gasteiger partial charge in [-0.05, 0) is 17.7 Å². The lowest BCUT2D eigenvalue weighted by molar-refractivity contribution is 0.456. The molecule has 0 radical (unpaired) electrons. The third kappa shape index (κ3) is 2.79. The van der Waals surface area contributed by atoms with Crippen molar-refractivity contribution in [1.29, 1.82) is 0 Å². The Hall–Kier alpha value is -1.57. The number of benzene rings is 1. The average molecular weight is 316 g/mol. The van der Waals surface area contributed by atoms with Gasteiger partial charge in [-0.15, -0.1) is 0 Å². The molecule has 0 saturated heterocycles. The molecule has 1 N–H and O–H groups in total. The molecule has 0 atom stereocenters. The number of nitrogens with zero attached hydrogens (tertiary/aromatic N) is 3. The van der Waals surface area contributed by atoms with E-state index in [1.165, 1.54) is 30.1 Å². The zero-order valence-electron chi connectivity index (χ0n) is 11.0. The van der Waals surface area contributed by atoms with Crippen LogP contribution in [0.4, 0.5) is 0 Å². The summed E-state index contributed by atoms with van der Waals surface area (Å²) in [5.74, 6) is 0.0872. The standard InChI is InChI=1S/C12H14ClN3O3S/c1-15-8-14-12(11(15)13)20(18,19)16(2)7-9-4-3-5-10(17)6-9/h3-6,8,17H,7H2,1-2H3. The summed E-state index contributed by atoms with van der Waals surface area (Å²) in [6, 6.07) is 6.41. The molecule has 0 saturated carbocycles. The van der Waals surface area contributed by atoms with Gasteiger partial charge in [0.15, 0.2) is 0 Å². The van der Waals surface area contributed by atoms with Crippen LogP contribution in [-0.2, 0) is 23.6 Å². The minimum Gasteiger partial charge on any atom is -0.508 e. The lowest BCUT2D eigenvalue weighted by Crippen LogP contribution is -2.27. The maximum atomic E-state index is 12.4. The fourth-order valence-corrected chi connectivity index (χ4v) is 3.25. The molecule has 0 spiro atoms. The monoisotopic (exact) mass is 315 g/mol. The molecule has 2 rings (SSSR count). The van der Waals surface area contributed by atoms with Gasteiger partial charge in [-0.3, -0.25) is 0 Å². The van der Waals surface area contributed by atoms with E-state index in [-0.39, 0.29) is 22.5 Å². The van der Waals surface area contributed by atoms with Crippen molar-refractivity contribution in [2.45, 2.75) is 11.6 Å². The summed E-state index contributed by atoms with van der Waals surface area (Å²) in [7, 11) is -0.722. The van der Waals surface area contributed by atoms with Crippen LogP contribution in [0.3, 0.4) is 0 Å². The van der Waals surface area contributed by atoms with E-state index in [4.69, 9.17) is 11.6 Å². The van der Waals surface area contributed by atoms with Crippen LogP contribution in [0.15, 0.2) is 35.6 Å². The number of hydrogen-bond donors (Lipinski definition) is 1. The van der Waals surface area contributed by atoms with Crippen molar-refractivity contribution in [3.63, 3.8) is 0 Å². The average Bonchev–Trinajstić information content (AvgIpc) is 2.70. The second-order valence-electron chi connectivity index (χ2n) is 4.38. The summed E-state index contributed by atoms with van der Waals surface area (Å²) >= 11 is 5.92. The number of imidazole rings is 1. The van der Waals surface area contributed by atoms with Gasteiger partial charge in [-0.1, -0.05) is 23.7 Å². The van der Waals surface area contributed by atoms with Gasteiger partial charge in [0.2, 0.25) is 5.03 Å². The molecular formula is C12H14ClN3O3S. The first-order valence-electron chi connectivity index (χ1n) is 5.73. The zero-order chi connectivity index (χ0) is 14.9. The number of phenols is 1. The lowest BCUT2D eigenvalue weighted by Gasteiger charge is -2.16. The van der Waals surface area contributed by atoms with Gasteiger partial charge >= 0.3 is 0 Å². The Labute approximate surface area is 122 Å². The molecule has 0 fully saturated rings. The second kappa shape index (κ2) is 5.43. The fourth-order valence-electron chi connectivity index (χ4n) is 1.71. The molecule has 20 heavy (non-hydrogen) atoms. The number of halogens is 1. The molecule has 0 unspecified atom stereocenters. The smallest absolute Gasteiger partial charge is 0.263 e. The van der Waals surface area contributed by atoms with Crippen LogP contribution >= 0.6 is 11.6 Å². The lowest BCUT2D eigenvalue weighted by atomic mass is 10.2. The molecule has 1 aromatic carbocycles. The second-order valence-corrected chi connectivity index (χ2v) is 6.70. The quantitative estimate of drug-likeness (QED) is 0.930. The predicted octanol–water partition coefficient (Wildman–Crippen LogP) is 1.60. The van der Waals surface area contributed by atoms with E-state index >= 15 is 0 Å². The molecule has 6 nitrogen and oxygen atoms in total. The fraction of sp³-hybridized carbons (Fsp3) is 0.250. The van der Waals surface area contributed by atoms with E-state index in [0.29, 0.717) is 5.56 Å². The number of hydrogen-bond acceptors (Lipinski definition) is 4. The molecule has 0 aliphatic heterocycles. The molecule has 0 amide bonds. The van der Waals surface area contributed by atoms with E-state index < -0.39 is 10.0 Å². The van der Waals surface area contributed by atoms with Crippen LogP contribution in [0.25, 0.3) is 0 Å². The van der Waals surface area contributed by atoms with Crippen LogP contribution in [0.1, 0.15) is 5.56 Å². The van der Waals surface area contributed by atoms with Crippen molar-refractivity contribution in [2.75, 3.05) is 7.05 Å². The summed E-state index contributed by atoms with van der Waals surface area (Å²) in [5, 5.41) is 9.27. The Balaban J connectivity index is 2.28. The molecule has 0 aliphatic carbocycles. The number of aromatic hydroxyl groups is 1. The third-order valence-electron chi connectivity index (χ3n) is 2.80. The van der Waals surface area contributed by atoms with Gasteiger partial charge in [-0.2, -0.15) is 4.31 Å². The highest BCUT2D eigenvalue weighted by molar-refractivity contribution is 7.89. The predicted molar refractivity (Wildman–Crippen MR) is 75.0 cm³/mol. The summed E-state index contributed by atoms with van der Waals surface area (Å²) in [6.07, 6.45) is 1.34. The topological polar surface area (TPSA) is 75.4 Å². The van der Waals surface area contributed by atoms with Crippen molar-refractivity contribution in [1.82, 2.24) is 13.9 Å². The van der Waals surface area contributed by atoms with Crippen LogP contribution in [-0.4, -0.2) is 34.4 Å². The molecular weight excluding hydrogens is 302 g/mol. The van der Waals surface area contributed by atoms with Crippen molar-refractivity contribution in [3.05, 3.63) is 41.3 Å². The van der Waals surface area contributed by atoms with E-state index in [2.05, 4.69) is 4.98 Å². The first-order valence-corrected chi connectivity index (χ1v) is 7.55. The first kappa shape index (κ1) is 14.8. The minimum atomic E-state index is -3.77. The van der Waals surface area contributed by atoms with Gasteiger partial charge in [0.1, 0.15) is 10.9 Å². The molecule has 0 aliphatic rings. The summed E-state index contributed by atoms with van der Waals surface area (Å²) < 4.78 is 27.3. The van der Waals surface area contributed by atoms with Crippen LogP contribution in [0.2, 0.25) is 5.15 Å². The van der Waals surface area contributed by atoms with E-state index in [1.807, 2.05) is 0 Å². The molecule has 1 aromatic heterocycles. The normalized spacial score (nSPS) is 12.0. The number of sulfonamides is 1. The van der Waals surface area contributed by atoms with Gasteiger partial charge in [0.25, 0.3) is 10.0 Å². The highest BCUT2D eigenvalue weighted by atomic mass is 35.5. The number of phenolic OH excluding ortho intramolecular Hbond substituents is 1. The van der Waals surface area contributed by atoms with Gasteiger partial charge in [0, 0.05) is 20.6 Å². The van der Waals surface area contributed by atoms with Gasteiger partial charge in [0.05, 0.1) is 6.33 Å². The van der Waals surface area contributed by atoms with Crippen molar-refractivity contribution >= 4 is 21.6 Å². The first-order chi connectivity index (χ1) is 9.32. The Bertz CT molecular complexity index is 727. The molecule has 2 aromatic rings. The molecule has 1 heterocycles. The maximum Gasteiger partial charge on any atom is 0.263 e. The van der Waals surface area contributed by atoms with Crippen molar-refractivity contribution in [3.8, 4) is 5.75 Å². The largest absolute Gasteiger partial charge is 0.508 e. The van der Waals surface area contributed by atoms with E-state index in [1.54, 1.807) is 19.2 Å². The molecule has 108 valence electrons. The Morgan fingerprint density at radius 2 is 2.15 bits per heavy atom. The summed E-state index contributed by atoms with van der Waals surface area (Å²) in [6.45, 7) is 0.115. The molecule has 0 bridgehead atoms. The Morgan fingerprint density at radius 3 is 2.70 bits per heavy atom. The van der Waals surface area contributed by atoms with Crippen molar-refractivity contribution in [2.24, 2.45) is 7.05 Å². The van der Waals surface area contributed by atoms with E-state index in [9.17, 15) is 13.5 Å². The summed E-state index contributed by atoms with van der Waals surface area (Å²) in [4.78, 5) is 3.82. The van der Waals surface area contributed by atoms with E-state index in [0.717, 1.165) is 4.31 Å². The van der Waals surface area contributed by atoms with Crippen LogP contribution < -0.4 is 0 Å². The number of aryl methyl sites for hydroxylation is 1. The van der Waals surface area contributed by atoms with Gasteiger partial charge < -0.3 is 9.67 Å². The van der Waals surface area contributed by atoms with Crippen LogP contribution in [0.5, 0.6) is 5.75 Å². The molecule has 8 heteroatoms. The third-order valence-corrected chi connectivity index (χ3v) is 5.10. The SMILES string of the molecule is CN(Cc1cccc(O)c1)S(=O)(=O)c1ncn(C)c1Cl.